The van der Waals surface area contributed by atoms with Gasteiger partial charge in [0.15, 0.2) is 0 Å². The minimum absolute atomic E-state index is 0.00886. The number of nitrogens with zero attached hydrogens (tertiary/aromatic N) is 5. The predicted molar refractivity (Wildman–Crippen MR) is 88.0 cm³/mol. The summed E-state index contributed by atoms with van der Waals surface area (Å²) in [6, 6.07) is 4.93. The Hall–Kier alpha value is -3.03. The van der Waals surface area contributed by atoms with E-state index in [0.717, 1.165) is 11.4 Å². The highest BCUT2D eigenvalue weighted by molar-refractivity contribution is 5.94. The van der Waals surface area contributed by atoms with Crippen molar-refractivity contribution in [2.75, 3.05) is 31.1 Å². The lowest BCUT2D eigenvalue weighted by Crippen LogP contribution is -2.49. The van der Waals surface area contributed by atoms with E-state index in [9.17, 15) is 14.9 Å². The molecule has 2 aromatic heterocycles. The van der Waals surface area contributed by atoms with E-state index in [0.29, 0.717) is 31.7 Å². The Morgan fingerprint density at radius 1 is 1.21 bits per heavy atom. The van der Waals surface area contributed by atoms with Gasteiger partial charge in [0, 0.05) is 50.2 Å². The maximum atomic E-state index is 12.4. The molecule has 1 amide bonds. The van der Waals surface area contributed by atoms with Crippen molar-refractivity contribution in [2.24, 2.45) is 0 Å². The SMILES string of the molecule is Cc1cc([N+](=O)[O-])cnc1N1CCN(C(=O)c2ccncc2)CC1. The highest BCUT2D eigenvalue weighted by Crippen LogP contribution is 2.23. The van der Waals surface area contributed by atoms with E-state index in [1.54, 1.807) is 29.4 Å². The molecule has 0 spiro atoms. The maximum Gasteiger partial charge on any atom is 0.287 e. The molecule has 0 radical (unpaired) electrons. The number of pyridine rings is 2. The monoisotopic (exact) mass is 327 g/mol. The molecule has 1 aliphatic heterocycles. The molecule has 1 fully saturated rings. The molecule has 1 saturated heterocycles. The highest BCUT2D eigenvalue weighted by atomic mass is 16.6. The number of hydrogen-bond acceptors (Lipinski definition) is 6. The molecule has 1 aliphatic rings. The number of anilines is 1. The second-order valence-electron chi connectivity index (χ2n) is 5.61. The van der Waals surface area contributed by atoms with Crippen LogP contribution in [0.4, 0.5) is 11.5 Å². The molecule has 0 unspecified atom stereocenters. The van der Waals surface area contributed by atoms with Gasteiger partial charge in [-0.1, -0.05) is 0 Å². The van der Waals surface area contributed by atoms with Crippen LogP contribution in [0.1, 0.15) is 15.9 Å². The Kier molecular flexibility index (Phi) is 4.37. The number of piperazine rings is 1. The van der Waals surface area contributed by atoms with E-state index in [1.165, 1.54) is 12.3 Å². The zero-order valence-corrected chi connectivity index (χ0v) is 13.3. The van der Waals surface area contributed by atoms with E-state index in [4.69, 9.17) is 0 Å². The van der Waals surface area contributed by atoms with Gasteiger partial charge in [-0.3, -0.25) is 19.9 Å². The minimum atomic E-state index is -0.449. The van der Waals surface area contributed by atoms with Gasteiger partial charge < -0.3 is 9.80 Å². The summed E-state index contributed by atoms with van der Waals surface area (Å²) in [4.78, 5) is 34.8. The molecule has 0 aromatic carbocycles. The predicted octanol–water partition coefficient (Wildman–Crippen LogP) is 1.66. The maximum absolute atomic E-state index is 12.4. The first-order valence-corrected chi connectivity index (χ1v) is 7.61. The molecule has 3 heterocycles. The molecule has 8 nitrogen and oxygen atoms in total. The number of nitro groups is 1. The Labute approximate surface area is 138 Å². The molecule has 2 aromatic rings. The van der Waals surface area contributed by atoms with Gasteiger partial charge in [-0.15, -0.1) is 0 Å². The average Bonchev–Trinajstić information content (AvgIpc) is 2.62. The third kappa shape index (κ3) is 3.17. The fraction of sp³-hybridized carbons (Fsp3) is 0.312. The summed E-state index contributed by atoms with van der Waals surface area (Å²) < 4.78 is 0. The molecule has 0 bridgehead atoms. The van der Waals surface area contributed by atoms with Crippen molar-refractivity contribution in [1.82, 2.24) is 14.9 Å². The molecule has 0 atom stereocenters. The van der Waals surface area contributed by atoms with Gasteiger partial charge in [-0.05, 0) is 24.6 Å². The first-order chi connectivity index (χ1) is 11.6. The van der Waals surface area contributed by atoms with Gasteiger partial charge in [0.25, 0.3) is 11.6 Å². The van der Waals surface area contributed by atoms with Crippen LogP contribution in [0.15, 0.2) is 36.8 Å². The molecule has 0 aliphatic carbocycles. The highest BCUT2D eigenvalue weighted by Gasteiger charge is 2.24. The van der Waals surface area contributed by atoms with E-state index in [1.807, 2.05) is 6.92 Å². The lowest BCUT2D eigenvalue weighted by Gasteiger charge is -2.36. The number of carbonyl (C=O) groups excluding carboxylic acids is 1. The molecule has 0 N–H and O–H groups in total. The largest absolute Gasteiger partial charge is 0.353 e. The van der Waals surface area contributed by atoms with Crippen molar-refractivity contribution in [1.29, 1.82) is 0 Å². The second kappa shape index (κ2) is 6.61. The second-order valence-corrected chi connectivity index (χ2v) is 5.61. The number of rotatable bonds is 3. The van der Waals surface area contributed by atoms with Gasteiger partial charge in [0.1, 0.15) is 12.0 Å². The Morgan fingerprint density at radius 3 is 2.46 bits per heavy atom. The van der Waals surface area contributed by atoms with E-state index in [-0.39, 0.29) is 11.6 Å². The summed E-state index contributed by atoms with van der Waals surface area (Å²) in [5, 5.41) is 10.8. The summed E-state index contributed by atoms with van der Waals surface area (Å²) in [5.41, 5.74) is 1.38. The van der Waals surface area contributed by atoms with Crippen LogP contribution < -0.4 is 4.90 Å². The van der Waals surface area contributed by atoms with Crippen molar-refractivity contribution >= 4 is 17.4 Å². The zero-order valence-electron chi connectivity index (χ0n) is 13.3. The van der Waals surface area contributed by atoms with Crippen molar-refractivity contribution < 1.29 is 9.72 Å². The summed E-state index contributed by atoms with van der Waals surface area (Å²) in [6.45, 7) is 4.26. The summed E-state index contributed by atoms with van der Waals surface area (Å²) in [7, 11) is 0. The number of hydrogen-bond donors (Lipinski definition) is 0. The number of amides is 1. The molecular weight excluding hydrogens is 310 g/mol. The van der Waals surface area contributed by atoms with Crippen LogP contribution in [0.5, 0.6) is 0 Å². The number of aryl methyl sites for hydroxylation is 1. The lowest BCUT2D eigenvalue weighted by atomic mass is 10.2. The van der Waals surface area contributed by atoms with Gasteiger partial charge in [-0.2, -0.15) is 0 Å². The van der Waals surface area contributed by atoms with Crippen LogP contribution in [-0.2, 0) is 0 Å². The van der Waals surface area contributed by atoms with Gasteiger partial charge in [0.05, 0.1) is 4.92 Å². The minimum Gasteiger partial charge on any atom is -0.353 e. The van der Waals surface area contributed by atoms with Gasteiger partial charge in [-0.25, -0.2) is 4.98 Å². The Balaban J connectivity index is 1.67. The van der Waals surface area contributed by atoms with Crippen LogP contribution in [0, 0.1) is 17.0 Å². The Bertz CT molecular complexity index is 758. The smallest absolute Gasteiger partial charge is 0.287 e. The first-order valence-electron chi connectivity index (χ1n) is 7.61. The number of carbonyl (C=O) groups is 1. The fourth-order valence-electron chi connectivity index (χ4n) is 2.78. The van der Waals surface area contributed by atoms with Crippen molar-refractivity contribution in [3.63, 3.8) is 0 Å². The summed E-state index contributed by atoms with van der Waals surface area (Å²) in [6.07, 6.45) is 4.48. The van der Waals surface area contributed by atoms with Crippen LogP contribution in [0.25, 0.3) is 0 Å². The third-order valence-electron chi connectivity index (χ3n) is 4.04. The zero-order chi connectivity index (χ0) is 17.1. The first kappa shape index (κ1) is 15.9. The van der Waals surface area contributed by atoms with E-state index >= 15 is 0 Å². The number of aromatic nitrogens is 2. The van der Waals surface area contributed by atoms with E-state index in [2.05, 4.69) is 14.9 Å². The quantitative estimate of drug-likeness (QED) is 0.629. The third-order valence-corrected chi connectivity index (χ3v) is 4.04. The molecule has 3 rings (SSSR count). The van der Waals surface area contributed by atoms with Gasteiger partial charge >= 0.3 is 0 Å². The average molecular weight is 327 g/mol. The van der Waals surface area contributed by atoms with Gasteiger partial charge in [0.2, 0.25) is 0 Å². The van der Waals surface area contributed by atoms with Crippen LogP contribution >= 0.6 is 0 Å². The summed E-state index contributed by atoms with van der Waals surface area (Å²) in [5.74, 6) is 0.724. The van der Waals surface area contributed by atoms with Crippen molar-refractivity contribution in [3.8, 4) is 0 Å². The van der Waals surface area contributed by atoms with Crippen LogP contribution in [0.2, 0.25) is 0 Å². The standard InChI is InChI=1S/C16H17N5O3/c1-12-10-14(21(23)24)11-18-15(12)19-6-8-20(9-7-19)16(22)13-2-4-17-5-3-13/h2-5,10-11H,6-9H2,1H3. The van der Waals surface area contributed by atoms with Crippen molar-refractivity contribution in [2.45, 2.75) is 6.92 Å². The normalized spacial score (nSPS) is 14.5. The van der Waals surface area contributed by atoms with Crippen LogP contribution in [0.3, 0.4) is 0 Å². The molecular formula is C16H17N5O3. The van der Waals surface area contributed by atoms with Crippen LogP contribution in [-0.4, -0.2) is 51.9 Å². The lowest BCUT2D eigenvalue weighted by molar-refractivity contribution is -0.385. The fourth-order valence-corrected chi connectivity index (χ4v) is 2.78. The molecule has 0 saturated carbocycles. The molecule has 124 valence electrons. The topological polar surface area (TPSA) is 92.5 Å². The van der Waals surface area contributed by atoms with E-state index < -0.39 is 4.92 Å². The molecule has 8 heteroatoms. The Morgan fingerprint density at radius 2 is 1.88 bits per heavy atom. The van der Waals surface area contributed by atoms with Crippen molar-refractivity contribution in [3.05, 3.63) is 58.0 Å². The molecule has 24 heavy (non-hydrogen) atoms. The summed E-state index contributed by atoms with van der Waals surface area (Å²) >= 11 is 0.